The average molecular weight is 394 g/mol. The van der Waals surface area contributed by atoms with Gasteiger partial charge in [-0.2, -0.15) is 10.2 Å². The number of anilines is 1. The SMILES string of the molecule is CCn1ncc(OCC2CCNC2)c1-c1ccn2nc(NC(=O)C3CC3)cc2c1. The maximum atomic E-state index is 12.0. The second kappa shape index (κ2) is 7.51. The fourth-order valence-electron chi connectivity index (χ4n) is 3.85. The van der Waals surface area contributed by atoms with Gasteiger partial charge < -0.3 is 15.4 Å². The van der Waals surface area contributed by atoms with Crippen LogP contribution in [0.5, 0.6) is 5.75 Å². The molecule has 0 radical (unpaired) electrons. The Hall–Kier alpha value is -2.87. The molecule has 0 aromatic carbocycles. The molecular formula is C21H26N6O2. The van der Waals surface area contributed by atoms with Crippen molar-refractivity contribution in [3.05, 3.63) is 30.6 Å². The number of fused-ring (bicyclic) bond motifs is 1. The summed E-state index contributed by atoms with van der Waals surface area (Å²) in [5.41, 5.74) is 2.92. The average Bonchev–Trinajstić information content (AvgIpc) is 3.13. The first kappa shape index (κ1) is 18.2. The Balaban J connectivity index is 1.41. The minimum absolute atomic E-state index is 0.0646. The first-order valence-corrected chi connectivity index (χ1v) is 10.4. The Bertz CT molecular complexity index is 1030. The highest BCUT2D eigenvalue weighted by molar-refractivity contribution is 5.93. The molecule has 2 fully saturated rings. The first-order valence-electron chi connectivity index (χ1n) is 10.4. The predicted octanol–water partition coefficient (Wildman–Crippen LogP) is 2.55. The van der Waals surface area contributed by atoms with Crippen LogP contribution in [0, 0.1) is 11.8 Å². The quantitative estimate of drug-likeness (QED) is 0.643. The number of ether oxygens (including phenoxy) is 1. The molecule has 2 N–H and O–H groups in total. The molecule has 3 aromatic heterocycles. The zero-order valence-corrected chi connectivity index (χ0v) is 16.6. The summed E-state index contributed by atoms with van der Waals surface area (Å²) in [5, 5.41) is 15.3. The Morgan fingerprint density at radius 1 is 1.34 bits per heavy atom. The smallest absolute Gasteiger partial charge is 0.228 e. The van der Waals surface area contributed by atoms with E-state index >= 15 is 0 Å². The summed E-state index contributed by atoms with van der Waals surface area (Å²) in [6.45, 7) is 5.60. The first-order chi connectivity index (χ1) is 14.2. The zero-order chi connectivity index (χ0) is 19.8. The molecular weight excluding hydrogens is 368 g/mol. The summed E-state index contributed by atoms with van der Waals surface area (Å²) < 4.78 is 9.90. The van der Waals surface area contributed by atoms with Gasteiger partial charge in [0.2, 0.25) is 5.91 Å². The molecule has 1 amide bonds. The molecule has 152 valence electrons. The van der Waals surface area contributed by atoms with E-state index in [0.717, 1.165) is 61.4 Å². The zero-order valence-electron chi connectivity index (χ0n) is 16.6. The molecule has 1 saturated heterocycles. The Labute approximate surface area is 169 Å². The molecule has 29 heavy (non-hydrogen) atoms. The molecule has 1 aliphatic heterocycles. The van der Waals surface area contributed by atoms with E-state index < -0.39 is 0 Å². The minimum atomic E-state index is 0.0646. The highest BCUT2D eigenvalue weighted by atomic mass is 16.5. The van der Waals surface area contributed by atoms with Gasteiger partial charge in [-0.25, -0.2) is 4.52 Å². The van der Waals surface area contributed by atoms with Crippen molar-refractivity contribution in [1.82, 2.24) is 24.7 Å². The Kier molecular flexibility index (Phi) is 4.71. The third-order valence-corrected chi connectivity index (χ3v) is 5.68. The Morgan fingerprint density at radius 2 is 2.24 bits per heavy atom. The summed E-state index contributed by atoms with van der Waals surface area (Å²) in [6.07, 6.45) is 6.82. The van der Waals surface area contributed by atoms with Crippen molar-refractivity contribution >= 4 is 17.2 Å². The third kappa shape index (κ3) is 3.72. The summed E-state index contributed by atoms with van der Waals surface area (Å²) in [5.74, 6) is 2.17. The monoisotopic (exact) mass is 394 g/mol. The van der Waals surface area contributed by atoms with Crippen molar-refractivity contribution in [2.45, 2.75) is 32.7 Å². The van der Waals surface area contributed by atoms with E-state index in [9.17, 15) is 4.79 Å². The van der Waals surface area contributed by atoms with Crippen molar-refractivity contribution in [1.29, 1.82) is 0 Å². The van der Waals surface area contributed by atoms with Gasteiger partial charge in [-0.1, -0.05) is 0 Å². The maximum absolute atomic E-state index is 12.0. The number of pyridine rings is 1. The Morgan fingerprint density at radius 3 is 3.00 bits per heavy atom. The number of aromatic nitrogens is 4. The van der Waals surface area contributed by atoms with Gasteiger partial charge in [0.05, 0.1) is 18.3 Å². The fourth-order valence-corrected chi connectivity index (χ4v) is 3.85. The lowest BCUT2D eigenvalue weighted by Crippen LogP contribution is -2.15. The second-order valence-electron chi connectivity index (χ2n) is 7.92. The van der Waals surface area contributed by atoms with E-state index in [1.807, 2.05) is 29.2 Å². The van der Waals surface area contributed by atoms with E-state index in [4.69, 9.17) is 4.74 Å². The van der Waals surface area contributed by atoms with Crippen LogP contribution in [0.2, 0.25) is 0 Å². The molecule has 8 nitrogen and oxygen atoms in total. The van der Waals surface area contributed by atoms with Crippen LogP contribution in [-0.4, -0.2) is 45.0 Å². The van der Waals surface area contributed by atoms with Crippen molar-refractivity contribution in [2.24, 2.45) is 11.8 Å². The van der Waals surface area contributed by atoms with E-state index in [1.54, 1.807) is 4.52 Å². The van der Waals surface area contributed by atoms with Crippen LogP contribution in [0.15, 0.2) is 30.6 Å². The number of carbonyl (C=O) groups excluding carboxylic acids is 1. The van der Waals surface area contributed by atoms with Gasteiger partial charge in [0.15, 0.2) is 11.6 Å². The van der Waals surface area contributed by atoms with Crippen molar-refractivity contribution < 1.29 is 9.53 Å². The molecule has 8 heteroatoms. The molecule has 5 rings (SSSR count). The van der Waals surface area contributed by atoms with E-state index in [0.29, 0.717) is 18.3 Å². The summed E-state index contributed by atoms with van der Waals surface area (Å²) in [6, 6.07) is 5.98. The molecule has 0 bridgehead atoms. The van der Waals surface area contributed by atoms with Crippen molar-refractivity contribution in [3.8, 4) is 17.0 Å². The number of carbonyl (C=O) groups is 1. The van der Waals surface area contributed by atoms with E-state index in [2.05, 4.69) is 33.8 Å². The molecule has 3 aromatic rings. The van der Waals surface area contributed by atoms with Gasteiger partial charge in [0, 0.05) is 42.8 Å². The molecule has 4 heterocycles. The van der Waals surface area contributed by atoms with Crippen LogP contribution in [0.3, 0.4) is 0 Å². The lowest BCUT2D eigenvalue weighted by atomic mass is 10.1. The van der Waals surface area contributed by atoms with Crippen LogP contribution in [0.1, 0.15) is 26.2 Å². The highest BCUT2D eigenvalue weighted by Crippen LogP contribution is 2.32. The molecule has 1 unspecified atom stereocenters. The van der Waals surface area contributed by atoms with Crippen LogP contribution >= 0.6 is 0 Å². The van der Waals surface area contributed by atoms with Crippen LogP contribution in [-0.2, 0) is 11.3 Å². The lowest BCUT2D eigenvalue weighted by Gasteiger charge is -2.12. The van der Waals surface area contributed by atoms with E-state index in [1.165, 1.54) is 0 Å². The highest BCUT2D eigenvalue weighted by Gasteiger charge is 2.30. The molecule has 1 saturated carbocycles. The van der Waals surface area contributed by atoms with Crippen molar-refractivity contribution in [3.63, 3.8) is 0 Å². The van der Waals surface area contributed by atoms with Gasteiger partial charge in [-0.05, 0) is 44.9 Å². The number of hydrogen-bond acceptors (Lipinski definition) is 5. The van der Waals surface area contributed by atoms with Crippen LogP contribution < -0.4 is 15.4 Å². The number of hydrogen-bond donors (Lipinski definition) is 2. The molecule has 1 aliphatic carbocycles. The van der Waals surface area contributed by atoms with Crippen LogP contribution in [0.25, 0.3) is 16.8 Å². The third-order valence-electron chi connectivity index (χ3n) is 5.68. The molecule has 1 atom stereocenters. The number of rotatable bonds is 7. The normalized spacial score (nSPS) is 19.0. The van der Waals surface area contributed by atoms with Gasteiger partial charge in [0.1, 0.15) is 5.69 Å². The number of nitrogens with zero attached hydrogens (tertiary/aromatic N) is 4. The number of amides is 1. The number of aryl methyl sites for hydroxylation is 1. The second-order valence-corrected chi connectivity index (χ2v) is 7.92. The summed E-state index contributed by atoms with van der Waals surface area (Å²) >= 11 is 0. The van der Waals surface area contributed by atoms with Gasteiger partial charge in [-0.15, -0.1) is 0 Å². The largest absolute Gasteiger partial charge is 0.489 e. The van der Waals surface area contributed by atoms with Gasteiger partial charge in [-0.3, -0.25) is 9.48 Å². The predicted molar refractivity (Wildman–Crippen MR) is 110 cm³/mol. The molecule has 2 aliphatic rings. The molecule has 0 spiro atoms. The fraction of sp³-hybridized carbons (Fsp3) is 0.476. The van der Waals surface area contributed by atoms with Gasteiger partial charge >= 0.3 is 0 Å². The van der Waals surface area contributed by atoms with E-state index in [-0.39, 0.29) is 11.8 Å². The van der Waals surface area contributed by atoms with Gasteiger partial charge in [0.25, 0.3) is 0 Å². The maximum Gasteiger partial charge on any atom is 0.228 e. The topological polar surface area (TPSA) is 85.5 Å². The lowest BCUT2D eigenvalue weighted by molar-refractivity contribution is -0.117. The minimum Gasteiger partial charge on any atom is -0.489 e. The standard InChI is InChI=1S/C21H26N6O2/c1-2-26-20(18(12-23-26)29-13-14-5-7-22-11-14)16-6-8-27-17(9-16)10-19(25-27)24-21(28)15-3-4-15/h6,8-10,12,14-15,22H,2-5,7,11,13H2,1H3,(H,24,25,28). The number of nitrogens with one attached hydrogen (secondary N) is 2. The van der Waals surface area contributed by atoms with Crippen LogP contribution in [0.4, 0.5) is 5.82 Å². The van der Waals surface area contributed by atoms with Crippen molar-refractivity contribution in [2.75, 3.05) is 25.0 Å². The summed E-state index contributed by atoms with van der Waals surface area (Å²) in [7, 11) is 0. The summed E-state index contributed by atoms with van der Waals surface area (Å²) in [4.78, 5) is 12.0.